The van der Waals surface area contributed by atoms with Gasteiger partial charge in [-0.3, -0.25) is 9.89 Å². The number of aromatic nitrogens is 3. The first-order valence-electron chi connectivity index (χ1n) is 10.1. The molecule has 7 heteroatoms. The Bertz CT molecular complexity index is 1210. The average Bonchev–Trinajstić information content (AvgIpc) is 3.40. The first-order valence-corrected chi connectivity index (χ1v) is 11.0. The Kier molecular flexibility index (Phi) is 6.13. The minimum absolute atomic E-state index is 0.241. The standard InChI is InChI=1S/C24H24N4O2S/c1-4-30-21-11-6-5-9-18(21)14-25-23(29)20-13-19(27-28-20)22-16(3)26-24(31-22)17-10-7-8-15(2)12-17/h5-13H,4,14H2,1-3H3,(H,25,29)(H,27,28). The molecule has 6 nitrogen and oxygen atoms in total. The number of rotatable bonds is 7. The summed E-state index contributed by atoms with van der Waals surface area (Å²) in [4.78, 5) is 18.3. The number of aromatic amines is 1. The Morgan fingerprint density at radius 2 is 1.97 bits per heavy atom. The molecule has 0 unspecified atom stereocenters. The molecule has 0 saturated heterocycles. The number of aryl methyl sites for hydroxylation is 2. The fourth-order valence-electron chi connectivity index (χ4n) is 3.31. The van der Waals surface area contributed by atoms with Crippen molar-refractivity contribution in [2.45, 2.75) is 27.3 Å². The number of thiazole rings is 1. The van der Waals surface area contributed by atoms with E-state index >= 15 is 0 Å². The number of carbonyl (C=O) groups is 1. The molecule has 31 heavy (non-hydrogen) atoms. The molecule has 0 bridgehead atoms. The molecule has 2 heterocycles. The number of nitrogens with zero attached hydrogens (tertiary/aromatic N) is 2. The van der Waals surface area contributed by atoms with E-state index in [2.05, 4.69) is 40.6 Å². The van der Waals surface area contributed by atoms with Crippen molar-refractivity contribution in [1.29, 1.82) is 0 Å². The zero-order valence-electron chi connectivity index (χ0n) is 17.7. The van der Waals surface area contributed by atoms with Crippen LogP contribution >= 0.6 is 11.3 Å². The van der Waals surface area contributed by atoms with Gasteiger partial charge in [0.15, 0.2) is 5.69 Å². The van der Waals surface area contributed by atoms with Crippen LogP contribution in [0, 0.1) is 13.8 Å². The van der Waals surface area contributed by atoms with Gasteiger partial charge in [-0.15, -0.1) is 11.3 Å². The van der Waals surface area contributed by atoms with Crippen LogP contribution in [0.5, 0.6) is 5.75 Å². The van der Waals surface area contributed by atoms with Crippen molar-refractivity contribution in [3.05, 3.63) is 77.1 Å². The summed E-state index contributed by atoms with van der Waals surface area (Å²) >= 11 is 1.59. The van der Waals surface area contributed by atoms with E-state index in [1.807, 2.05) is 44.2 Å². The Labute approximate surface area is 185 Å². The fraction of sp³-hybridized carbons (Fsp3) is 0.208. The maximum Gasteiger partial charge on any atom is 0.272 e. The van der Waals surface area contributed by atoms with Crippen LogP contribution in [0.3, 0.4) is 0 Å². The summed E-state index contributed by atoms with van der Waals surface area (Å²) in [7, 11) is 0. The number of hydrogen-bond donors (Lipinski definition) is 2. The maximum atomic E-state index is 12.6. The number of H-pyrrole nitrogens is 1. The predicted molar refractivity (Wildman–Crippen MR) is 123 cm³/mol. The van der Waals surface area contributed by atoms with Gasteiger partial charge in [0.2, 0.25) is 0 Å². The third-order valence-electron chi connectivity index (χ3n) is 4.83. The largest absolute Gasteiger partial charge is 0.494 e. The van der Waals surface area contributed by atoms with Crippen molar-refractivity contribution in [1.82, 2.24) is 20.5 Å². The topological polar surface area (TPSA) is 79.9 Å². The lowest BCUT2D eigenvalue weighted by atomic mass is 10.1. The van der Waals surface area contributed by atoms with Crippen LogP contribution < -0.4 is 10.1 Å². The van der Waals surface area contributed by atoms with E-state index in [9.17, 15) is 4.79 Å². The van der Waals surface area contributed by atoms with Gasteiger partial charge in [-0.05, 0) is 39.0 Å². The highest BCUT2D eigenvalue weighted by Crippen LogP contribution is 2.34. The molecule has 0 aliphatic rings. The molecule has 0 saturated carbocycles. The molecule has 0 radical (unpaired) electrons. The van der Waals surface area contributed by atoms with E-state index in [0.717, 1.165) is 38.1 Å². The van der Waals surface area contributed by atoms with E-state index in [-0.39, 0.29) is 5.91 Å². The SMILES string of the molecule is CCOc1ccccc1CNC(=O)c1cc(-c2sc(-c3cccc(C)c3)nc2C)[nH]n1. The highest BCUT2D eigenvalue weighted by atomic mass is 32.1. The number of carbonyl (C=O) groups excluding carboxylic acids is 1. The van der Waals surface area contributed by atoms with Crippen LogP contribution in [0.4, 0.5) is 0 Å². The van der Waals surface area contributed by atoms with E-state index in [0.29, 0.717) is 18.8 Å². The van der Waals surface area contributed by atoms with Crippen molar-refractivity contribution in [2.24, 2.45) is 0 Å². The molecule has 158 valence electrons. The first-order chi connectivity index (χ1) is 15.0. The van der Waals surface area contributed by atoms with Crippen molar-refractivity contribution >= 4 is 17.2 Å². The number of hydrogen-bond acceptors (Lipinski definition) is 5. The van der Waals surface area contributed by atoms with Gasteiger partial charge in [0.1, 0.15) is 10.8 Å². The predicted octanol–water partition coefficient (Wildman–Crippen LogP) is 5.15. The Balaban J connectivity index is 1.49. The normalized spacial score (nSPS) is 10.8. The Morgan fingerprint density at radius 1 is 1.13 bits per heavy atom. The zero-order chi connectivity index (χ0) is 21.8. The van der Waals surface area contributed by atoms with Gasteiger partial charge in [0, 0.05) is 17.7 Å². The zero-order valence-corrected chi connectivity index (χ0v) is 18.5. The second-order valence-electron chi connectivity index (χ2n) is 7.19. The van der Waals surface area contributed by atoms with Crippen molar-refractivity contribution < 1.29 is 9.53 Å². The number of para-hydroxylation sites is 1. The number of amides is 1. The summed E-state index contributed by atoms with van der Waals surface area (Å²) in [6, 6.07) is 17.7. The molecule has 0 spiro atoms. The van der Waals surface area contributed by atoms with Crippen molar-refractivity contribution in [3.8, 4) is 26.9 Å². The Hall–Kier alpha value is -3.45. The molecular weight excluding hydrogens is 408 g/mol. The van der Waals surface area contributed by atoms with E-state index in [1.54, 1.807) is 17.4 Å². The minimum Gasteiger partial charge on any atom is -0.494 e. The molecule has 0 aliphatic carbocycles. The van der Waals surface area contributed by atoms with Gasteiger partial charge >= 0.3 is 0 Å². The summed E-state index contributed by atoms with van der Waals surface area (Å²) < 4.78 is 5.62. The summed E-state index contributed by atoms with van der Waals surface area (Å²) in [5.74, 6) is 0.534. The van der Waals surface area contributed by atoms with Crippen molar-refractivity contribution in [3.63, 3.8) is 0 Å². The third-order valence-corrected chi connectivity index (χ3v) is 6.07. The number of nitrogens with one attached hydrogen (secondary N) is 2. The van der Waals surface area contributed by atoms with Gasteiger partial charge in [-0.1, -0.05) is 42.0 Å². The highest BCUT2D eigenvalue weighted by Gasteiger charge is 2.17. The minimum atomic E-state index is -0.241. The molecule has 1 amide bonds. The number of ether oxygens (including phenoxy) is 1. The van der Waals surface area contributed by atoms with Crippen LogP contribution in [0.25, 0.3) is 21.1 Å². The lowest BCUT2D eigenvalue weighted by Crippen LogP contribution is -2.23. The molecule has 2 N–H and O–H groups in total. The van der Waals surface area contributed by atoms with Crippen LogP contribution in [-0.2, 0) is 6.54 Å². The molecule has 0 atom stereocenters. The van der Waals surface area contributed by atoms with Gasteiger partial charge in [-0.2, -0.15) is 5.10 Å². The lowest BCUT2D eigenvalue weighted by Gasteiger charge is -2.10. The summed E-state index contributed by atoms with van der Waals surface area (Å²) in [6.45, 7) is 6.92. The Morgan fingerprint density at radius 3 is 2.77 bits per heavy atom. The molecule has 2 aromatic carbocycles. The number of benzene rings is 2. The smallest absolute Gasteiger partial charge is 0.272 e. The highest BCUT2D eigenvalue weighted by molar-refractivity contribution is 7.18. The van der Waals surface area contributed by atoms with Gasteiger partial charge in [-0.25, -0.2) is 4.98 Å². The summed E-state index contributed by atoms with van der Waals surface area (Å²) in [5.41, 5.74) is 5.24. The van der Waals surface area contributed by atoms with E-state index in [1.165, 1.54) is 5.56 Å². The first kappa shape index (κ1) is 20.8. The third kappa shape index (κ3) is 4.67. The van der Waals surface area contributed by atoms with Gasteiger partial charge < -0.3 is 10.1 Å². The average molecular weight is 433 g/mol. The summed E-state index contributed by atoms with van der Waals surface area (Å²) in [5, 5.41) is 11.1. The molecule has 0 aliphatic heterocycles. The second kappa shape index (κ2) is 9.14. The molecule has 4 aromatic rings. The van der Waals surface area contributed by atoms with Crippen LogP contribution in [0.2, 0.25) is 0 Å². The fourth-order valence-corrected chi connectivity index (χ4v) is 4.34. The lowest BCUT2D eigenvalue weighted by molar-refractivity contribution is 0.0945. The molecular formula is C24H24N4O2S. The monoisotopic (exact) mass is 432 g/mol. The van der Waals surface area contributed by atoms with Gasteiger partial charge in [0.05, 0.1) is 22.9 Å². The quantitative estimate of drug-likeness (QED) is 0.423. The van der Waals surface area contributed by atoms with Crippen LogP contribution in [-0.4, -0.2) is 27.7 Å². The van der Waals surface area contributed by atoms with Gasteiger partial charge in [0.25, 0.3) is 5.91 Å². The molecule has 2 aromatic heterocycles. The maximum absolute atomic E-state index is 12.6. The van der Waals surface area contributed by atoms with E-state index in [4.69, 9.17) is 9.72 Å². The van der Waals surface area contributed by atoms with Crippen LogP contribution in [0.15, 0.2) is 54.6 Å². The van der Waals surface area contributed by atoms with Crippen LogP contribution in [0.1, 0.15) is 34.2 Å². The molecule has 4 rings (SSSR count). The second-order valence-corrected chi connectivity index (χ2v) is 8.19. The molecule has 0 fully saturated rings. The summed E-state index contributed by atoms with van der Waals surface area (Å²) in [6.07, 6.45) is 0. The van der Waals surface area contributed by atoms with Crippen molar-refractivity contribution in [2.75, 3.05) is 6.61 Å². The van der Waals surface area contributed by atoms with E-state index < -0.39 is 0 Å².